The first-order chi connectivity index (χ1) is 15.5. The summed E-state index contributed by atoms with van der Waals surface area (Å²) in [6, 6.07) is 3.94. The molecule has 4 aliphatic heterocycles. The zero-order valence-corrected chi connectivity index (χ0v) is 17.3. The molecule has 4 heterocycles. The van der Waals surface area contributed by atoms with E-state index in [0.717, 1.165) is 36.2 Å². The Hall–Kier alpha value is -1.76. The number of aliphatic hydroxyl groups is 5. The Labute approximate surface area is 184 Å². The Morgan fingerprint density at radius 2 is 1.81 bits per heavy atom. The summed E-state index contributed by atoms with van der Waals surface area (Å²) >= 11 is 0. The summed E-state index contributed by atoms with van der Waals surface area (Å²) in [5, 5.41) is 51.3. The molecule has 32 heavy (non-hydrogen) atoms. The van der Waals surface area contributed by atoms with Crippen molar-refractivity contribution in [2.24, 2.45) is 0 Å². The van der Waals surface area contributed by atoms with E-state index in [1.807, 2.05) is 18.2 Å². The summed E-state index contributed by atoms with van der Waals surface area (Å²) in [5.74, 6) is 1.07. The number of hydrogen-bond donors (Lipinski definition) is 5. The van der Waals surface area contributed by atoms with Crippen molar-refractivity contribution in [2.75, 3.05) is 19.9 Å². The highest BCUT2D eigenvalue weighted by molar-refractivity contribution is 5.53. The molecule has 1 aliphatic carbocycles. The van der Waals surface area contributed by atoms with E-state index in [1.165, 1.54) is 0 Å². The van der Waals surface area contributed by atoms with E-state index in [1.54, 1.807) is 0 Å². The van der Waals surface area contributed by atoms with E-state index in [9.17, 15) is 25.5 Å². The second-order valence-corrected chi connectivity index (χ2v) is 9.13. The molecule has 0 aromatic heterocycles. The monoisotopic (exact) mass is 449 g/mol. The van der Waals surface area contributed by atoms with Crippen LogP contribution in [0.5, 0.6) is 11.5 Å². The Morgan fingerprint density at radius 1 is 1.03 bits per heavy atom. The standard InChI is InChI=1S/C22H27NO9/c24-7-15-18(26)19(27)20(28)22(31-15)32-21-12(25)3-9-1-2-23-6-10-4-13-14(30-8-29-13)5-11(10)16(21)17(9)23/h3-5,12,15-22,24-28H,1-2,6-8H2/t12-,15+,16-,17+,18+,19+,20+,21+,22-/m0/s1. The third-order valence-electron chi connectivity index (χ3n) is 7.38. The first kappa shape index (κ1) is 20.8. The zero-order chi connectivity index (χ0) is 22.1. The van der Waals surface area contributed by atoms with Gasteiger partial charge in [-0.25, -0.2) is 0 Å². The van der Waals surface area contributed by atoms with Gasteiger partial charge in [-0.15, -0.1) is 0 Å². The van der Waals surface area contributed by atoms with Crippen LogP contribution in [0.4, 0.5) is 0 Å². The van der Waals surface area contributed by atoms with Gasteiger partial charge in [0.1, 0.15) is 24.4 Å². The maximum absolute atomic E-state index is 11.0. The molecule has 5 N–H and O–H groups in total. The lowest BCUT2D eigenvalue weighted by molar-refractivity contribution is -0.318. The summed E-state index contributed by atoms with van der Waals surface area (Å²) in [6.07, 6.45) is -6.05. The van der Waals surface area contributed by atoms with Crippen LogP contribution < -0.4 is 9.47 Å². The molecule has 1 aromatic carbocycles. The summed E-state index contributed by atoms with van der Waals surface area (Å²) < 4.78 is 22.8. The van der Waals surface area contributed by atoms with Crippen molar-refractivity contribution in [2.45, 2.75) is 67.8 Å². The van der Waals surface area contributed by atoms with Gasteiger partial charge in [0.25, 0.3) is 0 Å². The van der Waals surface area contributed by atoms with Gasteiger partial charge in [0.05, 0.1) is 18.8 Å². The van der Waals surface area contributed by atoms with Crippen LogP contribution in [0.3, 0.4) is 0 Å². The van der Waals surface area contributed by atoms with E-state index in [2.05, 4.69) is 4.90 Å². The highest BCUT2D eigenvalue weighted by Crippen LogP contribution is 2.50. The number of benzene rings is 1. The van der Waals surface area contributed by atoms with Crippen LogP contribution in [0.25, 0.3) is 0 Å². The van der Waals surface area contributed by atoms with E-state index in [0.29, 0.717) is 11.5 Å². The van der Waals surface area contributed by atoms with E-state index in [-0.39, 0.29) is 18.8 Å². The lowest BCUT2D eigenvalue weighted by Crippen LogP contribution is -2.61. The zero-order valence-electron chi connectivity index (χ0n) is 17.3. The number of hydrogen-bond acceptors (Lipinski definition) is 10. The molecule has 5 aliphatic rings. The van der Waals surface area contributed by atoms with Gasteiger partial charge in [-0.05, 0) is 29.7 Å². The number of fused-ring (bicyclic) bond motifs is 3. The highest BCUT2D eigenvalue weighted by atomic mass is 16.7. The van der Waals surface area contributed by atoms with Gasteiger partial charge in [-0.1, -0.05) is 11.6 Å². The fourth-order valence-corrected chi connectivity index (χ4v) is 5.83. The van der Waals surface area contributed by atoms with Crippen molar-refractivity contribution in [1.82, 2.24) is 4.90 Å². The molecule has 0 amide bonds. The SMILES string of the molecule is OC[C@H]1O[C@@H](O[C@H]2[C@H]3c4cc5c(cc4CN4CCC(=C[C@@H]2O)[C@H]34)OCO5)[C@H](O)[C@H](O)[C@@H]1O. The van der Waals surface area contributed by atoms with Gasteiger partial charge in [-0.3, -0.25) is 4.90 Å². The van der Waals surface area contributed by atoms with Crippen LogP contribution in [0.2, 0.25) is 0 Å². The third-order valence-corrected chi connectivity index (χ3v) is 7.38. The molecule has 0 radical (unpaired) electrons. The van der Waals surface area contributed by atoms with Crippen molar-refractivity contribution in [1.29, 1.82) is 0 Å². The Morgan fingerprint density at radius 3 is 2.59 bits per heavy atom. The summed E-state index contributed by atoms with van der Waals surface area (Å²) in [5.41, 5.74) is 3.20. The van der Waals surface area contributed by atoms with Crippen LogP contribution in [0.1, 0.15) is 23.5 Å². The molecule has 10 nitrogen and oxygen atoms in total. The summed E-state index contributed by atoms with van der Waals surface area (Å²) in [4.78, 5) is 2.34. The van der Waals surface area contributed by atoms with Crippen LogP contribution in [-0.4, -0.2) is 99.3 Å². The Kier molecular flexibility index (Phi) is 4.97. The van der Waals surface area contributed by atoms with Crippen LogP contribution in [-0.2, 0) is 16.0 Å². The second-order valence-electron chi connectivity index (χ2n) is 9.13. The van der Waals surface area contributed by atoms with Gasteiger partial charge >= 0.3 is 0 Å². The average molecular weight is 449 g/mol. The second kappa shape index (κ2) is 7.64. The molecule has 2 saturated heterocycles. The van der Waals surface area contributed by atoms with E-state index < -0.39 is 49.5 Å². The number of aliphatic hydroxyl groups excluding tert-OH is 5. The van der Waals surface area contributed by atoms with Gasteiger partial charge in [-0.2, -0.15) is 0 Å². The molecule has 2 fully saturated rings. The van der Waals surface area contributed by atoms with E-state index >= 15 is 0 Å². The quantitative estimate of drug-likeness (QED) is 0.349. The normalized spacial score (nSPS) is 42.4. The topological polar surface area (TPSA) is 141 Å². The smallest absolute Gasteiger partial charge is 0.231 e. The van der Waals surface area contributed by atoms with Crippen LogP contribution in [0, 0.1) is 0 Å². The van der Waals surface area contributed by atoms with Crippen LogP contribution in [0.15, 0.2) is 23.8 Å². The number of nitrogens with zero attached hydrogens (tertiary/aromatic N) is 1. The van der Waals surface area contributed by atoms with Gasteiger partial charge in [0.15, 0.2) is 17.8 Å². The summed E-state index contributed by atoms with van der Waals surface area (Å²) in [7, 11) is 0. The molecule has 10 heteroatoms. The molecule has 0 saturated carbocycles. The Bertz CT molecular complexity index is 936. The maximum atomic E-state index is 11.0. The van der Waals surface area contributed by atoms with Gasteiger partial charge < -0.3 is 44.5 Å². The van der Waals surface area contributed by atoms with Crippen molar-refractivity contribution >= 4 is 0 Å². The van der Waals surface area contributed by atoms with Crippen LogP contribution >= 0.6 is 0 Å². The van der Waals surface area contributed by atoms with Gasteiger partial charge in [0, 0.05) is 25.0 Å². The molecular weight excluding hydrogens is 422 g/mol. The van der Waals surface area contributed by atoms with Crippen molar-refractivity contribution in [3.05, 3.63) is 34.9 Å². The minimum Gasteiger partial charge on any atom is -0.454 e. The molecule has 0 bridgehead atoms. The lowest BCUT2D eigenvalue weighted by atomic mass is 9.73. The van der Waals surface area contributed by atoms with Crippen molar-refractivity contribution < 1.29 is 44.5 Å². The fraction of sp³-hybridized carbons (Fsp3) is 0.636. The molecule has 9 atom stereocenters. The third kappa shape index (κ3) is 3.02. The molecule has 174 valence electrons. The van der Waals surface area contributed by atoms with Gasteiger partial charge in [0.2, 0.25) is 6.79 Å². The maximum Gasteiger partial charge on any atom is 0.231 e. The van der Waals surface area contributed by atoms with Crippen molar-refractivity contribution in [3.8, 4) is 11.5 Å². The molecular formula is C22H27NO9. The molecule has 0 unspecified atom stereocenters. The average Bonchev–Trinajstić information content (AvgIpc) is 3.41. The van der Waals surface area contributed by atoms with Crippen molar-refractivity contribution in [3.63, 3.8) is 0 Å². The first-order valence-corrected chi connectivity index (χ1v) is 11.0. The molecule has 0 spiro atoms. The molecule has 6 rings (SSSR count). The highest BCUT2D eigenvalue weighted by Gasteiger charge is 2.52. The predicted octanol–water partition coefficient (Wildman–Crippen LogP) is -1.43. The largest absolute Gasteiger partial charge is 0.454 e. The number of rotatable bonds is 3. The van der Waals surface area contributed by atoms with E-state index in [4.69, 9.17) is 18.9 Å². The number of ether oxygens (including phenoxy) is 4. The first-order valence-electron chi connectivity index (χ1n) is 11.0. The summed E-state index contributed by atoms with van der Waals surface area (Å²) in [6.45, 7) is 1.22. The predicted molar refractivity (Wildman–Crippen MR) is 107 cm³/mol. The minimum absolute atomic E-state index is 0.0288. The minimum atomic E-state index is -1.55. The lowest BCUT2D eigenvalue weighted by Gasteiger charge is -2.48. The molecule has 1 aromatic rings. The Balaban J connectivity index is 1.37. The fourth-order valence-electron chi connectivity index (χ4n) is 5.83.